The van der Waals surface area contributed by atoms with Crippen molar-refractivity contribution in [1.82, 2.24) is 10.2 Å². The van der Waals surface area contributed by atoms with E-state index in [0.717, 1.165) is 48.5 Å². The largest absolute Gasteiger partial charge is 0.416 e. The SMILES string of the molecule is C=CCC(=C)N1CC(C(=C)NCc2ccc(C(F)(F)F)cc2)=C(N=C)C(CCCC#N)C1. The molecular weight excluding hydrogens is 413 g/mol. The molecule has 7 heteroatoms. The van der Waals surface area contributed by atoms with Gasteiger partial charge in [-0.05, 0) is 37.3 Å². The number of aliphatic imine (C=N–C) groups is 1. The molecule has 1 unspecified atom stereocenters. The highest BCUT2D eigenvalue weighted by atomic mass is 19.4. The lowest BCUT2D eigenvalue weighted by atomic mass is 9.89. The molecule has 1 atom stereocenters. The molecule has 1 heterocycles. The lowest BCUT2D eigenvalue weighted by Crippen LogP contribution is -2.38. The summed E-state index contributed by atoms with van der Waals surface area (Å²) in [5, 5.41) is 12.1. The van der Waals surface area contributed by atoms with Crippen LogP contribution in [0, 0.1) is 17.2 Å². The van der Waals surface area contributed by atoms with Crippen LogP contribution < -0.4 is 5.32 Å². The maximum Gasteiger partial charge on any atom is 0.416 e. The second-order valence-electron chi connectivity index (χ2n) is 7.74. The molecule has 0 aliphatic carbocycles. The molecule has 1 aromatic carbocycles. The van der Waals surface area contributed by atoms with Gasteiger partial charge in [-0.15, -0.1) is 6.58 Å². The van der Waals surface area contributed by atoms with Crippen molar-refractivity contribution in [3.05, 3.63) is 83.9 Å². The van der Waals surface area contributed by atoms with E-state index in [9.17, 15) is 13.2 Å². The van der Waals surface area contributed by atoms with Crippen LogP contribution in [0.5, 0.6) is 0 Å². The van der Waals surface area contributed by atoms with E-state index in [1.165, 1.54) is 12.1 Å². The highest BCUT2D eigenvalue weighted by molar-refractivity contribution is 5.42. The van der Waals surface area contributed by atoms with E-state index in [2.05, 4.69) is 47.7 Å². The van der Waals surface area contributed by atoms with Gasteiger partial charge in [0.25, 0.3) is 0 Å². The zero-order valence-corrected chi connectivity index (χ0v) is 18.2. The van der Waals surface area contributed by atoms with Crippen molar-refractivity contribution >= 4 is 6.72 Å². The summed E-state index contributed by atoms with van der Waals surface area (Å²) >= 11 is 0. The van der Waals surface area contributed by atoms with Gasteiger partial charge in [-0.3, -0.25) is 4.99 Å². The molecule has 0 spiro atoms. The lowest BCUT2D eigenvalue weighted by Gasteiger charge is -2.38. The van der Waals surface area contributed by atoms with E-state index in [1.807, 2.05) is 0 Å². The molecule has 0 fully saturated rings. The van der Waals surface area contributed by atoms with Crippen LogP contribution in [-0.2, 0) is 12.7 Å². The minimum absolute atomic E-state index is 0.0794. The summed E-state index contributed by atoms with van der Waals surface area (Å²) < 4.78 is 38.3. The van der Waals surface area contributed by atoms with E-state index >= 15 is 0 Å². The minimum atomic E-state index is -4.36. The summed E-state index contributed by atoms with van der Waals surface area (Å²) in [5.41, 5.74) is 3.35. The maximum absolute atomic E-state index is 12.8. The van der Waals surface area contributed by atoms with Crippen LogP contribution in [0.25, 0.3) is 0 Å². The van der Waals surface area contributed by atoms with Gasteiger partial charge in [-0.1, -0.05) is 31.4 Å². The molecule has 4 nitrogen and oxygen atoms in total. The molecule has 1 aromatic rings. The summed E-state index contributed by atoms with van der Waals surface area (Å²) in [6.45, 7) is 17.4. The number of rotatable bonds is 11. The Labute approximate surface area is 188 Å². The molecule has 0 aromatic heterocycles. The number of halogens is 3. The predicted octanol–water partition coefficient (Wildman–Crippen LogP) is 5.98. The second kappa shape index (κ2) is 11.4. The van der Waals surface area contributed by atoms with Crippen molar-refractivity contribution in [3.8, 4) is 6.07 Å². The van der Waals surface area contributed by atoms with Crippen LogP contribution in [0.2, 0.25) is 0 Å². The van der Waals surface area contributed by atoms with Crippen molar-refractivity contribution in [2.75, 3.05) is 13.1 Å². The van der Waals surface area contributed by atoms with Crippen LogP contribution in [0.4, 0.5) is 13.2 Å². The van der Waals surface area contributed by atoms with Gasteiger partial charge in [0.2, 0.25) is 0 Å². The fourth-order valence-corrected chi connectivity index (χ4v) is 3.73. The number of hydrogen-bond acceptors (Lipinski definition) is 4. The molecule has 1 aliphatic rings. The van der Waals surface area contributed by atoms with E-state index in [-0.39, 0.29) is 5.92 Å². The van der Waals surface area contributed by atoms with Gasteiger partial charge in [0.15, 0.2) is 0 Å². The molecule has 0 saturated carbocycles. The normalized spacial score (nSPS) is 16.3. The number of nitrogens with one attached hydrogen (secondary N) is 1. The van der Waals surface area contributed by atoms with Gasteiger partial charge in [0, 0.05) is 55.4 Å². The zero-order chi connectivity index (χ0) is 23.7. The first kappa shape index (κ1) is 25.0. The van der Waals surface area contributed by atoms with Crippen LogP contribution in [0.15, 0.2) is 77.7 Å². The van der Waals surface area contributed by atoms with Gasteiger partial charge in [0.1, 0.15) is 0 Å². The molecule has 32 heavy (non-hydrogen) atoms. The first-order valence-electron chi connectivity index (χ1n) is 10.4. The number of unbranched alkanes of at least 4 members (excludes halogenated alkanes) is 1. The zero-order valence-electron chi connectivity index (χ0n) is 18.2. The fourth-order valence-electron chi connectivity index (χ4n) is 3.73. The number of allylic oxidation sites excluding steroid dienone is 1. The summed E-state index contributed by atoms with van der Waals surface area (Å²) in [7, 11) is 0. The highest BCUT2D eigenvalue weighted by Crippen LogP contribution is 2.33. The van der Waals surface area contributed by atoms with Crippen LogP contribution in [0.3, 0.4) is 0 Å². The molecule has 1 N–H and O–H groups in total. The van der Waals surface area contributed by atoms with E-state index in [4.69, 9.17) is 5.26 Å². The van der Waals surface area contributed by atoms with Crippen molar-refractivity contribution in [3.63, 3.8) is 0 Å². The second-order valence-corrected chi connectivity index (χ2v) is 7.74. The Kier molecular flexibility index (Phi) is 8.89. The Balaban J connectivity index is 2.19. The number of benzene rings is 1. The molecule has 170 valence electrons. The minimum Gasteiger partial charge on any atom is -0.381 e. The molecule has 0 bridgehead atoms. The van der Waals surface area contributed by atoms with Gasteiger partial charge >= 0.3 is 6.18 Å². The van der Waals surface area contributed by atoms with Crippen LogP contribution in [-0.4, -0.2) is 24.7 Å². The fraction of sp³-hybridized carbons (Fsp3) is 0.360. The summed E-state index contributed by atoms with van der Waals surface area (Å²) in [6, 6.07) is 7.22. The smallest absolute Gasteiger partial charge is 0.381 e. The molecule has 1 aliphatic heterocycles. The van der Waals surface area contributed by atoms with Gasteiger partial charge in [-0.25, -0.2) is 0 Å². The predicted molar refractivity (Wildman–Crippen MR) is 122 cm³/mol. The Morgan fingerprint density at radius 1 is 1.28 bits per heavy atom. The Morgan fingerprint density at radius 3 is 2.53 bits per heavy atom. The number of alkyl halides is 3. The lowest BCUT2D eigenvalue weighted by molar-refractivity contribution is -0.137. The summed E-state index contributed by atoms with van der Waals surface area (Å²) in [4.78, 5) is 6.45. The van der Waals surface area contributed by atoms with Crippen molar-refractivity contribution in [2.45, 2.75) is 38.4 Å². The summed E-state index contributed by atoms with van der Waals surface area (Å²) in [6.07, 6.45) is 0.105. The number of nitrogens with zero attached hydrogens (tertiary/aromatic N) is 3. The Hall–Kier alpha value is -3.27. The van der Waals surface area contributed by atoms with Gasteiger partial charge in [0.05, 0.1) is 17.3 Å². The molecule has 2 rings (SSSR count). The van der Waals surface area contributed by atoms with E-state index in [0.29, 0.717) is 37.2 Å². The Morgan fingerprint density at radius 2 is 1.97 bits per heavy atom. The quantitative estimate of drug-likeness (QED) is 0.261. The molecule has 0 radical (unpaired) electrons. The van der Waals surface area contributed by atoms with Crippen molar-refractivity contribution < 1.29 is 13.2 Å². The highest BCUT2D eigenvalue weighted by Gasteiger charge is 2.30. The Bertz CT molecular complexity index is 920. The third kappa shape index (κ3) is 6.61. The standard InChI is InChI=1S/C25H29F3N4/c1-5-8-18(2)32-16-21(9-6-7-14-29)24(30-4)23(17-32)19(3)31-15-20-10-12-22(13-11-20)25(26,27)28/h5,10-13,21,31H,1-4,6-9,15-17H2. The monoisotopic (exact) mass is 442 g/mol. The molecule has 0 saturated heterocycles. The maximum atomic E-state index is 12.8. The first-order valence-corrected chi connectivity index (χ1v) is 10.4. The van der Waals surface area contributed by atoms with Crippen LogP contribution >= 0.6 is 0 Å². The molecular formula is C25H29F3N4. The third-order valence-corrected chi connectivity index (χ3v) is 5.48. The third-order valence-electron chi connectivity index (χ3n) is 5.48. The van der Waals surface area contributed by atoms with Gasteiger partial charge < -0.3 is 10.2 Å². The van der Waals surface area contributed by atoms with Crippen molar-refractivity contribution in [2.24, 2.45) is 10.9 Å². The summed E-state index contributed by atoms with van der Waals surface area (Å²) in [5.74, 6) is 0.0794. The van der Waals surface area contributed by atoms with Crippen LogP contribution in [0.1, 0.15) is 36.8 Å². The first-order chi connectivity index (χ1) is 15.2. The average Bonchev–Trinajstić information content (AvgIpc) is 2.76. The van der Waals surface area contributed by atoms with E-state index < -0.39 is 11.7 Å². The van der Waals surface area contributed by atoms with E-state index in [1.54, 1.807) is 6.08 Å². The average molecular weight is 443 g/mol. The van der Waals surface area contributed by atoms with Crippen molar-refractivity contribution in [1.29, 1.82) is 5.26 Å². The molecule has 0 amide bonds. The number of hydrogen-bond donors (Lipinski definition) is 1. The van der Waals surface area contributed by atoms with Gasteiger partial charge in [-0.2, -0.15) is 18.4 Å². The number of nitriles is 1. The topological polar surface area (TPSA) is 51.4 Å².